The summed E-state index contributed by atoms with van der Waals surface area (Å²) < 4.78 is 16.7. The molecule has 0 heterocycles. The van der Waals surface area contributed by atoms with Crippen LogP contribution < -0.4 is 5.14 Å². The van der Waals surface area contributed by atoms with E-state index in [0.29, 0.717) is 10.5 Å². The number of carbonyl (C=O) groups excluding carboxylic acids is 1. The summed E-state index contributed by atoms with van der Waals surface area (Å²) in [6.07, 6.45) is 6.59. The molecule has 0 bridgehead atoms. The van der Waals surface area contributed by atoms with Gasteiger partial charge in [0.1, 0.15) is 9.92 Å². The third-order valence-corrected chi connectivity index (χ3v) is 7.03. The lowest BCUT2D eigenvalue weighted by molar-refractivity contribution is -0.117. The first-order valence-corrected chi connectivity index (χ1v) is 11.0. The molecule has 2 aromatic carbocycles. The molecule has 0 saturated heterocycles. The van der Waals surface area contributed by atoms with E-state index in [4.69, 9.17) is 10.2 Å². The number of nitrogens with two attached hydrogens (primary N) is 1. The predicted octanol–water partition coefficient (Wildman–Crippen LogP) is 2.63. The van der Waals surface area contributed by atoms with Crippen LogP contribution in [0.3, 0.4) is 0 Å². The van der Waals surface area contributed by atoms with Gasteiger partial charge < -0.3 is 5.11 Å². The van der Waals surface area contributed by atoms with Crippen molar-refractivity contribution >= 4 is 15.8 Å². The van der Waals surface area contributed by atoms with Crippen molar-refractivity contribution in [1.29, 1.82) is 0 Å². The number of amides is 1. The molecule has 0 fully saturated rings. The van der Waals surface area contributed by atoms with Gasteiger partial charge in [-0.3, -0.25) is 4.79 Å². The van der Waals surface area contributed by atoms with Crippen LogP contribution in [0.4, 0.5) is 0 Å². The fourth-order valence-electron chi connectivity index (χ4n) is 4.33. The SMILES string of the molecule is NS(=O)(=NC(=O)Cc1c2c(cc3c1CCC3)CCC2)c1ccc(CO)cc1. The number of nitrogens with zero attached hydrogens (tertiary/aromatic N) is 1. The van der Waals surface area contributed by atoms with E-state index >= 15 is 0 Å². The first-order valence-electron chi connectivity index (χ1n) is 9.41. The van der Waals surface area contributed by atoms with Crippen molar-refractivity contribution in [1.82, 2.24) is 0 Å². The molecule has 0 aromatic heterocycles. The van der Waals surface area contributed by atoms with Gasteiger partial charge in [-0.1, -0.05) is 18.2 Å². The largest absolute Gasteiger partial charge is 0.392 e. The number of aliphatic hydroxyl groups is 1. The first-order chi connectivity index (χ1) is 13.0. The quantitative estimate of drug-likeness (QED) is 0.849. The number of hydrogen-bond acceptors (Lipinski definition) is 3. The number of fused-ring (bicyclic) bond motifs is 2. The zero-order chi connectivity index (χ0) is 19.0. The van der Waals surface area contributed by atoms with Crippen LogP contribution in [0.25, 0.3) is 0 Å². The molecule has 0 saturated carbocycles. The second-order valence-electron chi connectivity index (χ2n) is 7.37. The Labute approximate surface area is 159 Å². The van der Waals surface area contributed by atoms with E-state index in [0.717, 1.165) is 44.1 Å². The van der Waals surface area contributed by atoms with Crippen molar-refractivity contribution in [3.8, 4) is 0 Å². The average molecular weight is 385 g/mol. The normalized spacial score (nSPS) is 17.3. The minimum absolute atomic E-state index is 0.105. The Morgan fingerprint density at radius 1 is 1.04 bits per heavy atom. The van der Waals surface area contributed by atoms with Crippen molar-refractivity contribution in [3.05, 3.63) is 63.7 Å². The number of benzene rings is 2. The van der Waals surface area contributed by atoms with Gasteiger partial charge in [0.15, 0.2) is 0 Å². The summed E-state index contributed by atoms with van der Waals surface area (Å²) in [6.45, 7) is -0.105. The summed E-state index contributed by atoms with van der Waals surface area (Å²) >= 11 is 0. The summed E-state index contributed by atoms with van der Waals surface area (Å²) in [5.74, 6) is -0.428. The van der Waals surface area contributed by atoms with Crippen molar-refractivity contribution < 1.29 is 14.1 Å². The predicted molar refractivity (Wildman–Crippen MR) is 105 cm³/mol. The van der Waals surface area contributed by atoms with Gasteiger partial charge in [0.05, 0.1) is 17.9 Å². The van der Waals surface area contributed by atoms with Gasteiger partial charge in [-0.05, 0) is 84.0 Å². The number of aliphatic hydroxyl groups excluding tert-OH is 1. The Balaban J connectivity index is 1.65. The van der Waals surface area contributed by atoms with E-state index in [2.05, 4.69) is 10.4 Å². The Kier molecular flexibility index (Phi) is 4.88. The zero-order valence-corrected chi connectivity index (χ0v) is 16.1. The van der Waals surface area contributed by atoms with Crippen LogP contribution in [0.2, 0.25) is 0 Å². The molecular formula is C21H24N2O3S. The van der Waals surface area contributed by atoms with E-state index in [-0.39, 0.29) is 13.0 Å². The summed E-state index contributed by atoms with van der Waals surface area (Å²) in [5, 5.41) is 15.0. The summed E-state index contributed by atoms with van der Waals surface area (Å²) in [4.78, 5) is 13.0. The Bertz CT molecular complexity index is 986. The molecule has 0 aliphatic heterocycles. The Morgan fingerprint density at radius 2 is 1.63 bits per heavy atom. The van der Waals surface area contributed by atoms with Crippen LogP contribution in [0.1, 0.15) is 46.2 Å². The maximum Gasteiger partial charge on any atom is 0.259 e. The van der Waals surface area contributed by atoms with E-state index in [1.54, 1.807) is 24.3 Å². The van der Waals surface area contributed by atoms with Crippen molar-refractivity contribution in [2.45, 2.75) is 56.4 Å². The first kappa shape index (κ1) is 18.3. The second kappa shape index (κ2) is 7.19. The number of hydrogen-bond donors (Lipinski definition) is 2. The summed E-state index contributed by atoms with van der Waals surface area (Å²) in [7, 11) is -3.29. The molecule has 27 heavy (non-hydrogen) atoms. The molecule has 3 N–H and O–H groups in total. The van der Waals surface area contributed by atoms with Gasteiger partial charge >= 0.3 is 0 Å². The summed E-state index contributed by atoms with van der Waals surface area (Å²) in [6, 6.07) is 8.72. The van der Waals surface area contributed by atoms with Gasteiger partial charge in [0.2, 0.25) is 0 Å². The average Bonchev–Trinajstić information content (AvgIpc) is 3.30. The van der Waals surface area contributed by atoms with Crippen LogP contribution in [0.5, 0.6) is 0 Å². The third kappa shape index (κ3) is 3.57. The lowest BCUT2D eigenvalue weighted by Crippen LogP contribution is -2.16. The molecule has 2 aliphatic carbocycles. The van der Waals surface area contributed by atoms with Crippen LogP contribution in [-0.4, -0.2) is 15.2 Å². The molecule has 4 rings (SSSR count). The highest BCUT2D eigenvalue weighted by atomic mass is 32.2. The van der Waals surface area contributed by atoms with Gasteiger partial charge in [-0.2, -0.15) is 0 Å². The highest BCUT2D eigenvalue weighted by Crippen LogP contribution is 2.35. The lowest BCUT2D eigenvalue weighted by Gasteiger charge is -2.14. The van der Waals surface area contributed by atoms with Gasteiger partial charge in [0, 0.05) is 0 Å². The second-order valence-corrected chi connectivity index (χ2v) is 9.16. The number of carbonyl (C=O) groups is 1. The zero-order valence-electron chi connectivity index (χ0n) is 15.2. The molecule has 2 aromatic rings. The van der Waals surface area contributed by atoms with E-state index in [9.17, 15) is 9.00 Å². The van der Waals surface area contributed by atoms with Crippen LogP contribution in [0.15, 0.2) is 39.6 Å². The third-order valence-electron chi connectivity index (χ3n) is 5.61. The molecule has 5 nitrogen and oxygen atoms in total. The van der Waals surface area contributed by atoms with Crippen LogP contribution >= 0.6 is 0 Å². The monoisotopic (exact) mass is 384 g/mol. The minimum atomic E-state index is -3.29. The Hall–Kier alpha value is -2.02. The molecular weight excluding hydrogens is 360 g/mol. The smallest absolute Gasteiger partial charge is 0.259 e. The van der Waals surface area contributed by atoms with Crippen LogP contribution in [0, 0.1) is 0 Å². The molecule has 142 valence electrons. The van der Waals surface area contributed by atoms with Crippen molar-refractivity contribution in [3.63, 3.8) is 0 Å². The highest BCUT2D eigenvalue weighted by molar-refractivity contribution is 7.91. The maximum absolute atomic E-state index is 12.8. The molecule has 1 unspecified atom stereocenters. The minimum Gasteiger partial charge on any atom is -0.392 e. The fourth-order valence-corrected chi connectivity index (χ4v) is 5.32. The fraction of sp³-hybridized carbons (Fsp3) is 0.381. The van der Waals surface area contributed by atoms with Gasteiger partial charge in [0.25, 0.3) is 5.91 Å². The Morgan fingerprint density at radius 3 is 2.19 bits per heavy atom. The maximum atomic E-state index is 12.8. The number of rotatable bonds is 4. The highest BCUT2D eigenvalue weighted by Gasteiger charge is 2.25. The van der Waals surface area contributed by atoms with Crippen molar-refractivity contribution in [2.75, 3.05) is 0 Å². The van der Waals surface area contributed by atoms with Gasteiger partial charge in [-0.15, -0.1) is 4.36 Å². The van der Waals surface area contributed by atoms with E-state index < -0.39 is 15.8 Å². The standard InChI is InChI=1S/C21H24N2O3S/c22-27(26,17-9-7-14(13-24)8-10-17)23-21(25)12-20-18-5-1-3-15(18)11-16-4-2-6-19(16)20/h7-11,24H,1-6,12-13H2,(H2,22,23,25,26). The number of aryl methyl sites for hydroxylation is 2. The van der Waals surface area contributed by atoms with Gasteiger partial charge in [-0.25, -0.2) is 9.35 Å². The summed E-state index contributed by atoms with van der Waals surface area (Å²) in [5.41, 5.74) is 7.14. The topological polar surface area (TPSA) is 92.8 Å². The molecule has 2 aliphatic rings. The lowest BCUT2D eigenvalue weighted by atomic mass is 9.92. The molecule has 6 heteroatoms. The van der Waals surface area contributed by atoms with Crippen molar-refractivity contribution in [2.24, 2.45) is 9.50 Å². The molecule has 0 radical (unpaired) electrons. The molecule has 1 amide bonds. The molecule has 1 atom stereocenters. The van der Waals surface area contributed by atoms with E-state index in [1.807, 2.05) is 0 Å². The molecule has 0 spiro atoms. The van der Waals surface area contributed by atoms with Crippen LogP contribution in [-0.2, 0) is 53.4 Å². The van der Waals surface area contributed by atoms with E-state index in [1.165, 1.54) is 22.3 Å².